The minimum atomic E-state index is -0.702. The predicted molar refractivity (Wildman–Crippen MR) is 88.6 cm³/mol. The molecular formula is C17H21N3O2. The summed E-state index contributed by atoms with van der Waals surface area (Å²) in [5.74, 6) is -0.0564. The molecule has 1 aliphatic heterocycles. The van der Waals surface area contributed by atoms with Crippen molar-refractivity contribution in [3.05, 3.63) is 30.5 Å². The maximum Gasteiger partial charge on any atom is 0.308 e. The number of nitrogens with zero attached hydrogens (tertiary/aromatic N) is 3. The summed E-state index contributed by atoms with van der Waals surface area (Å²) < 4.78 is 0. The average molecular weight is 299 g/mol. The molecule has 1 unspecified atom stereocenters. The number of hydrogen-bond acceptors (Lipinski definition) is 4. The lowest BCUT2D eigenvalue weighted by atomic mass is 9.97. The quantitative estimate of drug-likeness (QED) is 0.944. The standard InChI is InChI=1S/C17H21N3O2/c1-19(2)16-14-8-4-3-7-13(14)15(10-18-16)20-9-5-6-12(11-20)17(21)22/h3-4,7-8,10,12H,5-6,9,11H2,1-2H3,(H,21,22). The number of piperidine rings is 1. The van der Waals surface area contributed by atoms with Crippen LogP contribution in [0.5, 0.6) is 0 Å². The lowest BCUT2D eigenvalue weighted by Crippen LogP contribution is -2.38. The van der Waals surface area contributed by atoms with Crippen LogP contribution in [0.25, 0.3) is 10.8 Å². The Bertz CT molecular complexity index is 699. The number of carboxylic acid groups (broad SMARTS) is 1. The van der Waals surface area contributed by atoms with Gasteiger partial charge in [-0.3, -0.25) is 4.79 Å². The first kappa shape index (κ1) is 14.6. The number of aliphatic carboxylic acids is 1. The number of pyridine rings is 1. The Morgan fingerprint density at radius 3 is 2.73 bits per heavy atom. The Balaban J connectivity index is 2.04. The van der Waals surface area contributed by atoms with Crippen molar-refractivity contribution >= 4 is 28.2 Å². The zero-order valence-corrected chi connectivity index (χ0v) is 13.0. The number of carbonyl (C=O) groups is 1. The van der Waals surface area contributed by atoms with Crippen molar-refractivity contribution in [2.45, 2.75) is 12.8 Å². The second kappa shape index (κ2) is 5.83. The van der Waals surface area contributed by atoms with Gasteiger partial charge in [0.15, 0.2) is 0 Å². The molecule has 0 amide bonds. The topological polar surface area (TPSA) is 56.7 Å². The van der Waals surface area contributed by atoms with Crippen molar-refractivity contribution in [3.8, 4) is 0 Å². The highest BCUT2D eigenvalue weighted by Gasteiger charge is 2.26. The fraction of sp³-hybridized carbons (Fsp3) is 0.412. The maximum absolute atomic E-state index is 11.3. The molecule has 1 saturated heterocycles. The van der Waals surface area contributed by atoms with Crippen LogP contribution in [-0.4, -0.2) is 43.2 Å². The van der Waals surface area contributed by atoms with E-state index in [0.29, 0.717) is 6.54 Å². The first-order chi connectivity index (χ1) is 10.6. The fourth-order valence-corrected chi connectivity index (χ4v) is 3.17. The predicted octanol–water partition coefficient (Wildman–Crippen LogP) is 2.60. The van der Waals surface area contributed by atoms with E-state index in [-0.39, 0.29) is 5.92 Å². The van der Waals surface area contributed by atoms with E-state index in [2.05, 4.69) is 22.0 Å². The molecule has 1 aliphatic rings. The third-order valence-corrected chi connectivity index (χ3v) is 4.29. The van der Waals surface area contributed by atoms with Gasteiger partial charge in [0.25, 0.3) is 0 Å². The van der Waals surface area contributed by atoms with Crippen LogP contribution in [0.4, 0.5) is 11.5 Å². The van der Waals surface area contributed by atoms with Crippen LogP contribution < -0.4 is 9.80 Å². The van der Waals surface area contributed by atoms with E-state index in [1.54, 1.807) is 0 Å². The van der Waals surface area contributed by atoms with Gasteiger partial charge in [0.2, 0.25) is 0 Å². The highest BCUT2D eigenvalue weighted by atomic mass is 16.4. The molecule has 0 radical (unpaired) electrons. The normalized spacial score (nSPS) is 18.5. The molecule has 1 atom stereocenters. The third kappa shape index (κ3) is 2.58. The largest absolute Gasteiger partial charge is 0.481 e. The van der Waals surface area contributed by atoms with E-state index < -0.39 is 5.97 Å². The van der Waals surface area contributed by atoms with Crippen molar-refractivity contribution in [2.75, 3.05) is 37.0 Å². The third-order valence-electron chi connectivity index (χ3n) is 4.29. The molecule has 3 rings (SSSR count). The fourth-order valence-electron chi connectivity index (χ4n) is 3.17. The van der Waals surface area contributed by atoms with Crippen molar-refractivity contribution < 1.29 is 9.90 Å². The summed E-state index contributed by atoms with van der Waals surface area (Å²) in [6, 6.07) is 8.18. The van der Waals surface area contributed by atoms with Gasteiger partial charge in [0.1, 0.15) is 5.82 Å². The molecule has 0 aliphatic carbocycles. The summed E-state index contributed by atoms with van der Waals surface area (Å²) in [5.41, 5.74) is 1.03. The number of rotatable bonds is 3. The van der Waals surface area contributed by atoms with Gasteiger partial charge in [-0.15, -0.1) is 0 Å². The number of carboxylic acids is 1. The highest BCUT2D eigenvalue weighted by molar-refractivity contribution is 6.00. The van der Waals surface area contributed by atoms with Gasteiger partial charge in [-0.25, -0.2) is 4.98 Å². The number of fused-ring (bicyclic) bond motifs is 1. The molecule has 0 saturated carbocycles. The monoisotopic (exact) mass is 299 g/mol. The number of aromatic nitrogens is 1. The van der Waals surface area contributed by atoms with Crippen molar-refractivity contribution in [1.82, 2.24) is 4.98 Å². The molecule has 5 nitrogen and oxygen atoms in total. The van der Waals surface area contributed by atoms with Gasteiger partial charge in [-0.1, -0.05) is 24.3 Å². The molecule has 2 aromatic rings. The van der Waals surface area contributed by atoms with E-state index in [4.69, 9.17) is 0 Å². The summed E-state index contributed by atoms with van der Waals surface area (Å²) in [5, 5.41) is 11.5. The summed E-state index contributed by atoms with van der Waals surface area (Å²) in [4.78, 5) is 20.0. The molecule has 22 heavy (non-hydrogen) atoms. The van der Waals surface area contributed by atoms with Gasteiger partial charge in [0, 0.05) is 38.0 Å². The summed E-state index contributed by atoms with van der Waals surface area (Å²) in [6.45, 7) is 1.44. The second-order valence-corrected chi connectivity index (χ2v) is 6.03. The Morgan fingerprint density at radius 2 is 2.05 bits per heavy atom. The number of benzene rings is 1. The van der Waals surface area contributed by atoms with Gasteiger partial charge in [-0.2, -0.15) is 0 Å². The molecule has 2 heterocycles. The maximum atomic E-state index is 11.3. The van der Waals surface area contributed by atoms with E-state index >= 15 is 0 Å². The van der Waals surface area contributed by atoms with Crippen LogP contribution in [-0.2, 0) is 4.79 Å². The number of hydrogen-bond donors (Lipinski definition) is 1. The molecule has 1 aromatic carbocycles. The molecule has 1 fully saturated rings. The lowest BCUT2D eigenvalue weighted by Gasteiger charge is -2.33. The molecule has 0 bridgehead atoms. The minimum absolute atomic E-state index is 0.291. The van der Waals surface area contributed by atoms with E-state index in [1.165, 1.54) is 0 Å². The van der Waals surface area contributed by atoms with Crippen LogP contribution in [0.1, 0.15) is 12.8 Å². The van der Waals surface area contributed by atoms with Crippen molar-refractivity contribution in [2.24, 2.45) is 5.92 Å². The SMILES string of the molecule is CN(C)c1ncc(N2CCCC(C(=O)O)C2)c2ccccc12. The van der Waals surface area contributed by atoms with E-state index in [9.17, 15) is 9.90 Å². The molecule has 0 spiro atoms. The molecular weight excluding hydrogens is 278 g/mol. The van der Waals surface area contributed by atoms with Gasteiger partial charge in [-0.05, 0) is 12.8 Å². The lowest BCUT2D eigenvalue weighted by molar-refractivity contribution is -0.141. The first-order valence-corrected chi connectivity index (χ1v) is 7.60. The minimum Gasteiger partial charge on any atom is -0.481 e. The second-order valence-electron chi connectivity index (χ2n) is 6.03. The molecule has 5 heteroatoms. The number of anilines is 2. The van der Waals surface area contributed by atoms with E-state index in [1.807, 2.05) is 37.3 Å². The van der Waals surface area contributed by atoms with Crippen LogP contribution >= 0.6 is 0 Å². The zero-order valence-electron chi connectivity index (χ0n) is 13.0. The Kier molecular flexibility index (Phi) is 3.88. The summed E-state index contributed by atoms with van der Waals surface area (Å²) in [7, 11) is 3.96. The average Bonchev–Trinajstić information content (AvgIpc) is 2.53. The Morgan fingerprint density at radius 1 is 1.32 bits per heavy atom. The summed E-state index contributed by atoms with van der Waals surface area (Å²) in [6.07, 6.45) is 3.54. The van der Waals surface area contributed by atoms with Gasteiger partial charge < -0.3 is 14.9 Å². The summed E-state index contributed by atoms with van der Waals surface area (Å²) >= 11 is 0. The Hall–Kier alpha value is -2.30. The van der Waals surface area contributed by atoms with E-state index in [0.717, 1.165) is 41.7 Å². The van der Waals surface area contributed by atoms with Crippen LogP contribution in [0.15, 0.2) is 30.5 Å². The molecule has 116 valence electrons. The molecule has 1 N–H and O–H groups in total. The van der Waals surface area contributed by atoms with Crippen LogP contribution in [0.3, 0.4) is 0 Å². The van der Waals surface area contributed by atoms with Crippen LogP contribution in [0, 0.1) is 5.92 Å². The van der Waals surface area contributed by atoms with Crippen LogP contribution in [0.2, 0.25) is 0 Å². The van der Waals surface area contributed by atoms with Crippen molar-refractivity contribution in [3.63, 3.8) is 0 Å². The highest BCUT2D eigenvalue weighted by Crippen LogP contribution is 2.33. The Labute approximate surface area is 130 Å². The zero-order chi connectivity index (χ0) is 15.7. The van der Waals surface area contributed by atoms with Gasteiger partial charge in [0.05, 0.1) is 17.8 Å². The first-order valence-electron chi connectivity index (χ1n) is 7.60. The smallest absolute Gasteiger partial charge is 0.308 e. The van der Waals surface area contributed by atoms with Crippen molar-refractivity contribution in [1.29, 1.82) is 0 Å². The van der Waals surface area contributed by atoms with Gasteiger partial charge >= 0.3 is 5.97 Å². The molecule has 1 aromatic heterocycles.